The van der Waals surface area contributed by atoms with E-state index in [0.717, 1.165) is 4.90 Å². The Hall–Kier alpha value is -2.51. The second-order valence-corrected chi connectivity index (χ2v) is 6.60. The van der Waals surface area contributed by atoms with Crippen LogP contribution in [-0.2, 0) is 0 Å². The van der Waals surface area contributed by atoms with Gasteiger partial charge >= 0.3 is 0 Å². The Bertz CT molecular complexity index is 822. The Morgan fingerprint density at radius 1 is 1.35 bits per heavy atom. The van der Waals surface area contributed by atoms with Crippen molar-refractivity contribution in [1.82, 2.24) is 0 Å². The van der Waals surface area contributed by atoms with Crippen LogP contribution in [0.4, 0.5) is 15.8 Å². The van der Waals surface area contributed by atoms with Gasteiger partial charge < -0.3 is 10.2 Å². The van der Waals surface area contributed by atoms with E-state index in [-0.39, 0.29) is 35.3 Å². The Kier molecular flexibility index (Phi) is 6.28. The summed E-state index contributed by atoms with van der Waals surface area (Å²) in [4.78, 5) is 23.1. The van der Waals surface area contributed by atoms with Gasteiger partial charge in [-0.25, -0.2) is 4.39 Å². The first-order chi connectivity index (χ1) is 12.2. The van der Waals surface area contributed by atoms with Crippen LogP contribution in [0.15, 0.2) is 36.4 Å². The number of Topliss-reactive ketones (excluding diaryl/α,β-unsaturated/α-hetero) is 1. The lowest BCUT2D eigenvalue weighted by molar-refractivity contribution is -0.890. The molecule has 0 aliphatic carbocycles. The van der Waals surface area contributed by atoms with Crippen molar-refractivity contribution in [2.24, 2.45) is 0 Å². The van der Waals surface area contributed by atoms with Crippen LogP contribution < -0.4 is 10.2 Å². The Labute approximate surface area is 155 Å². The van der Waals surface area contributed by atoms with Crippen LogP contribution in [0.2, 0.25) is 5.02 Å². The summed E-state index contributed by atoms with van der Waals surface area (Å²) in [6, 6.07) is 8.35. The summed E-state index contributed by atoms with van der Waals surface area (Å²) in [5.41, 5.74) is 0.669. The third kappa shape index (κ3) is 4.36. The molecule has 0 bridgehead atoms. The van der Waals surface area contributed by atoms with Crippen molar-refractivity contribution in [3.63, 3.8) is 0 Å². The number of carbonyl (C=O) groups is 1. The summed E-state index contributed by atoms with van der Waals surface area (Å²) in [6.45, 7) is 1.57. The van der Waals surface area contributed by atoms with Crippen molar-refractivity contribution in [3.05, 3.63) is 68.5 Å². The summed E-state index contributed by atoms with van der Waals surface area (Å²) in [5, 5.41) is 14.6. The van der Waals surface area contributed by atoms with Crippen LogP contribution in [0.25, 0.3) is 0 Å². The minimum Gasteiger partial charge on any atom is -0.373 e. The molecule has 0 spiro atoms. The highest BCUT2D eigenvalue weighted by Crippen LogP contribution is 2.28. The highest BCUT2D eigenvalue weighted by molar-refractivity contribution is 6.31. The second-order valence-electron chi connectivity index (χ2n) is 6.19. The summed E-state index contributed by atoms with van der Waals surface area (Å²) in [7, 11) is 3.70. The van der Waals surface area contributed by atoms with E-state index in [1.165, 1.54) is 37.3 Å². The fourth-order valence-electron chi connectivity index (χ4n) is 2.70. The molecule has 0 heterocycles. The molecule has 2 rings (SSSR count). The van der Waals surface area contributed by atoms with E-state index in [1.807, 2.05) is 14.1 Å². The largest absolute Gasteiger partial charge is 0.373 e. The minimum atomic E-state index is -0.553. The Morgan fingerprint density at radius 2 is 2.04 bits per heavy atom. The fraction of sp³-hybridized carbons (Fsp3) is 0.278. The predicted molar refractivity (Wildman–Crippen MR) is 98.6 cm³/mol. The molecule has 0 saturated heterocycles. The molecule has 0 aliphatic heterocycles. The zero-order valence-corrected chi connectivity index (χ0v) is 15.4. The number of nitro groups is 1. The number of ketones is 1. The highest BCUT2D eigenvalue weighted by Gasteiger charge is 2.25. The maximum atomic E-state index is 14.3. The SMILES string of the molecule is CC(=O)c1ccc(NC[C@@H](c2c(F)cccc2Cl)[NH+](C)C)c([N+](=O)[O-])c1. The maximum absolute atomic E-state index is 14.3. The number of quaternary nitrogens is 1. The third-order valence-electron chi connectivity index (χ3n) is 4.14. The molecule has 0 aromatic heterocycles. The molecular weight excluding hydrogens is 361 g/mol. The molecule has 26 heavy (non-hydrogen) atoms. The van der Waals surface area contributed by atoms with Crippen molar-refractivity contribution < 1.29 is 19.0 Å². The molecular formula is C18H20ClFN3O3+. The molecule has 1 atom stereocenters. The zero-order chi connectivity index (χ0) is 19.4. The summed E-state index contributed by atoms with van der Waals surface area (Å²) in [5.74, 6) is -0.680. The van der Waals surface area contributed by atoms with Crippen molar-refractivity contribution in [2.45, 2.75) is 13.0 Å². The first-order valence-electron chi connectivity index (χ1n) is 7.99. The van der Waals surface area contributed by atoms with Gasteiger partial charge in [0.25, 0.3) is 5.69 Å². The van der Waals surface area contributed by atoms with Gasteiger partial charge in [-0.3, -0.25) is 14.9 Å². The summed E-state index contributed by atoms with van der Waals surface area (Å²) in [6.07, 6.45) is 0. The Balaban J connectivity index is 2.33. The fourth-order valence-corrected chi connectivity index (χ4v) is 3.00. The van der Waals surface area contributed by atoms with E-state index in [4.69, 9.17) is 11.6 Å². The number of rotatable bonds is 7. The molecule has 2 aromatic carbocycles. The van der Waals surface area contributed by atoms with E-state index in [9.17, 15) is 19.3 Å². The van der Waals surface area contributed by atoms with Crippen molar-refractivity contribution >= 4 is 28.8 Å². The molecule has 0 amide bonds. The molecule has 0 aliphatic rings. The van der Waals surface area contributed by atoms with Crippen LogP contribution in [-0.4, -0.2) is 31.3 Å². The molecule has 0 saturated carbocycles. The number of hydrogen-bond donors (Lipinski definition) is 2. The van der Waals surface area contributed by atoms with Crippen molar-refractivity contribution in [2.75, 3.05) is 26.0 Å². The van der Waals surface area contributed by atoms with Crippen LogP contribution in [0.3, 0.4) is 0 Å². The van der Waals surface area contributed by atoms with Gasteiger partial charge in [-0.2, -0.15) is 0 Å². The monoisotopic (exact) mass is 380 g/mol. The molecule has 8 heteroatoms. The van der Waals surface area contributed by atoms with Gasteiger partial charge in [-0.1, -0.05) is 17.7 Å². The number of hydrogen-bond acceptors (Lipinski definition) is 4. The number of nitrogens with zero attached hydrogens (tertiary/aromatic N) is 1. The maximum Gasteiger partial charge on any atom is 0.293 e. The smallest absolute Gasteiger partial charge is 0.293 e. The van der Waals surface area contributed by atoms with Crippen molar-refractivity contribution in [3.8, 4) is 0 Å². The molecule has 138 valence electrons. The average molecular weight is 381 g/mol. The lowest BCUT2D eigenvalue weighted by atomic mass is 10.0. The number of likely N-dealkylation sites (N-methyl/N-ethyl adjacent to an activating group) is 1. The van der Waals surface area contributed by atoms with Crippen LogP contribution in [0.5, 0.6) is 0 Å². The Morgan fingerprint density at radius 3 is 2.58 bits per heavy atom. The summed E-state index contributed by atoms with van der Waals surface area (Å²) < 4.78 is 14.3. The predicted octanol–water partition coefficient (Wildman–Crippen LogP) is 2.89. The molecule has 0 radical (unpaired) electrons. The van der Waals surface area contributed by atoms with Crippen LogP contribution in [0.1, 0.15) is 28.9 Å². The van der Waals surface area contributed by atoms with E-state index in [0.29, 0.717) is 10.6 Å². The quantitative estimate of drug-likeness (QED) is 0.440. The molecule has 2 N–H and O–H groups in total. The first kappa shape index (κ1) is 19.8. The zero-order valence-electron chi connectivity index (χ0n) is 14.7. The topological polar surface area (TPSA) is 76.7 Å². The lowest BCUT2D eigenvalue weighted by Gasteiger charge is -2.24. The number of carbonyl (C=O) groups excluding carboxylic acids is 1. The molecule has 6 nitrogen and oxygen atoms in total. The number of nitro benzene ring substituents is 1. The van der Waals surface area contributed by atoms with Gasteiger partial charge in [0.1, 0.15) is 17.5 Å². The number of anilines is 1. The summed E-state index contributed by atoms with van der Waals surface area (Å²) >= 11 is 6.16. The van der Waals surface area contributed by atoms with Crippen molar-refractivity contribution in [1.29, 1.82) is 0 Å². The highest BCUT2D eigenvalue weighted by atomic mass is 35.5. The molecule has 0 fully saturated rings. The normalized spacial score (nSPS) is 12.1. The van der Waals surface area contributed by atoms with Gasteiger partial charge in [0.2, 0.25) is 0 Å². The van der Waals surface area contributed by atoms with E-state index >= 15 is 0 Å². The van der Waals surface area contributed by atoms with Gasteiger partial charge in [0.15, 0.2) is 5.78 Å². The lowest BCUT2D eigenvalue weighted by Crippen LogP contribution is -3.06. The second kappa shape index (κ2) is 8.25. The molecule has 2 aromatic rings. The van der Waals surface area contributed by atoms with Gasteiger partial charge in [-0.05, 0) is 31.2 Å². The number of nitrogens with one attached hydrogen (secondary N) is 2. The number of benzene rings is 2. The van der Waals surface area contributed by atoms with E-state index in [1.54, 1.807) is 6.07 Å². The van der Waals surface area contributed by atoms with Crippen LogP contribution >= 0.6 is 11.6 Å². The van der Waals surface area contributed by atoms with Gasteiger partial charge in [0, 0.05) is 11.6 Å². The molecule has 0 unspecified atom stereocenters. The minimum absolute atomic E-state index is 0.204. The third-order valence-corrected chi connectivity index (χ3v) is 4.47. The van der Waals surface area contributed by atoms with Gasteiger partial charge in [-0.15, -0.1) is 0 Å². The van der Waals surface area contributed by atoms with Gasteiger partial charge in [0.05, 0.1) is 36.1 Å². The van der Waals surface area contributed by atoms with E-state index < -0.39 is 10.7 Å². The average Bonchev–Trinajstić information content (AvgIpc) is 2.56. The van der Waals surface area contributed by atoms with E-state index in [2.05, 4.69) is 5.32 Å². The number of halogens is 2. The standard InChI is InChI=1S/C18H19ClFN3O3/c1-11(24)12-7-8-15(16(9-12)23(25)26)21-10-17(22(2)3)18-13(19)5-4-6-14(18)20/h4-9,17,21H,10H2,1-3H3/p+1/t17-/m0/s1. The first-order valence-corrected chi connectivity index (χ1v) is 8.37. The van der Waals surface area contributed by atoms with Crippen LogP contribution in [0, 0.1) is 15.9 Å².